The van der Waals surface area contributed by atoms with Crippen molar-refractivity contribution in [1.82, 2.24) is 0 Å². The number of nitrogen functional groups attached to an aromatic ring is 1. The largest absolute Gasteiger partial charge is 0.495 e. The van der Waals surface area contributed by atoms with Gasteiger partial charge in [0.25, 0.3) is 0 Å². The van der Waals surface area contributed by atoms with Gasteiger partial charge in [-0.1, -0.05) is 6.07 Å². The standard InChI is InChI=1S/C12H20N2O2/c1-8(15)12(2,3)14-9-6-5-7-10(16-4)11(9)13/h5-8,14-15H,13H2,1-4H3. The van der Waals surface area contributed by atoms with Gasteiger partial charge in [0, 0.05) is 0 Å². The molecule has 1 atom stereocenters. The van der Waals surface area contributed by atoms with E-state index in [1.807, 2.05) is 26.0 Å². The Morgan fingerprint density at radius 2 is 2.06 bits per heavy atom. The van der Waals surface area contributed by atoms with Crippen LogP contribution < -0.4 is 15.8 Å². The lowest BCUT2D eigenvalue weighted by Crippen LogP contribution is -2.42. The number of nitrogens with two attached hydrogens (primary N) is 1. The Morgan fingerprint density at radius 1 is 1.44 bits per heavy atom. The van der Waals surface area contributed by atoms with Crippen molar-refractivity contribution in [1.29, 1.82) is 0 Å². The predicted molar refractivity (Wildman–Crippen MR) is 66.8 cm³/mol. The lowest BCUT2D eigenvalue weighted by atomic mass is 9.98. The number of aliphatic hydroxyl groups excluding tert-OH is 1. The Bertz CT molecular complexity index is 362. The van der Waals surface area contributed by atoms with Gasteiger partial charge in [0.2, 0.25) is 0 Å². The average molecular weight is 224 g/mol. The van der Waals surface area contributed by atoms with Crippen LogP contribution in [0.2, 0.25) is 0 Å². The van der Waals surface area contributed by atoms with E-state index in [2.05, 4.69) is 5.32 Å². The molecule has 1 aromatic carbocycles. The lowest BCUT2D eigenvalue weighted by Gasteiger charge is -2.31. The minimum absolute atomic E-state index is 0.444. The van der Waals surface area contributed by atoms with E-state index in [1.165, 1.54) is 0 Å². The third-order valence-electron chi connectivity index (χ3n) is 2.79. The fraction of sp³-hybridized carbons (Fsp3) is 0.500. The van der Waals surface area contributed by atoms with E-state index >= 15 is 0 Å². The summed E-state index contributed by atoms with van der Waals surface area (Å²) in [5.74, 6) is 0.631. The first kappa shape index (κ1) is 12.6. The van der Waals surface area contributed by atoms with E-state index in [1.54, 1.807) is 20.1 Å². The molecule has 90 valence electrons. The van der Waals surface area contributed by atoms with Crippen LogP contribution in [0.4, 0.5) is 11.4 Å². The van der Waals surface area contributed by atoms with Gasteiger partial charge in [0.05, 0.1) is 30.1 Å². The van der Waals surface area contributed by atoms with Gasteiger partial charge < -0.3 is 20.9 Å². The number of ether oxygens (including phenoxy) is 1. The fourth-order valence-corrected chi connectivity index (χ4v) is 1.28. The number of aliphatic hydroxyl groups is 1. The molecular formula is C12H20N2O2. The maximum absolute atomic E-state index is 9.62. The van der Waals surface area contributed by atoms with E-state index in [0.717, 1.165) is 5.69 Å². The van der Waals surface area contributed by atoms with E-state index in [4.69, 9.17) is 10.5 Å². The van der Waals surface area contributed by atoms with Crippen molar-refractivity contribution in [2.24, 2.45) is 0 Å². The zero-order chi connectivity index (χ0) is 12.3. The zero-order valence-electron chi connectivity index (χ0n) is 10.2. The molecule has 0 heterocycles. The molecule has 4 nitrogen and oxygen atoms in total. The summed E-state index contributed by atoms with van der Waals surface area (Å²) in [7, 11) is 1.58. The average Bonchev–Trinajstić information content (AvgIpc) is 2.20. The van der Waals surface area contributed by atoms with E-state index < -0.39 is 11.6 Å². The number of methoxy groups -OCH3 is 1. The molecule has 4 N–H and O–H groups in total. The predicted octanol–water partition coefficient (Wildman–Crippen LogP) is 1.85. The molecule has 0 aliphatic rings. The van der Waals surface area contributed by atoms with Crippen LogP contribution in [0.25, 0.3) is 0 Å². The Hall–Kier alpha value is -1.42. The van der Waals surface area contributed by atoms with Crippen molar-refractivity contribution < 1.29 is 9.84 Å². The van der Waals surface area contributed by atoms with Crippen molar-refractivity contribution >= 4 is 11.4 Å². The van der Waals surface area contributed by atoms with Gasteiger partial charge in [-0.15, -0.1) is 0 Å². The van der Waals surface area contributed by atoms with Gasteiger partial charge in [0.15, 0.2) is 0 Å². The normalized spacial score (nSPS) is 13.3. The summed E-state index contributed by atoms with van der Waals surface area (Å²) < 4.78 is 5.13. The summed E-state index contributed by atoms with van der Waals surface area (Å²) >= 11 is 0. The van der Waals surface area contributed by atoms with Crippen LogP contribution >= 0.6 is 0 Å². The summed E-state index contributed by atoms with van der Waals surface area (Å²) in [5.41, 5.74) is 6.81. The smallest absolute Gasteiger partial charge is 0.143 e. The zero-order valence-corrected chi connectivity index (χ0v) is 10.2. The second kappa shape index (κ2) is 4.61. The van der Waals surface area contributed by atoms with Gasteiger partial charge in [-0.2, -0.15) is 0 Å². The molecule has 0 aliphatic carbocycles. The highest BCUT2D eigenvalue weighted by atomic mass is 16.5. The van der Waals surface area contributed by atoms with Crippen molar-refractivity contribution in [3.8, 4) is 5.75 Å². The Kier molecular flexibility index (Phi) is 3.65. The number of rotatable bonds is 4. The number of hydrogen-bond acceptors (Lipinski definition) is 4. The molecule has 0 aromatic heterocycles. The highest BCUT2D eigenvalue weighted by Crippen LogP contribution is 2.31. The quantitative estimate of drug-likeness (QED) is 0.683. The molecule has 0 radical (unpaired) electrons. The van der Waals surface area contributed by atoms with Crippen LogP contribution in [0, 0.1) is 0 Å². The molecule has 0 saturated heterocycles. The number of nitrogens with one attached hydrogen (secondary N) is 1. The molecule has 1 aromatic rings. The summed E-state index contributed by atoms with van der Waals surface area (Å²) in [6, 6.07) is 5.52. The molecular weight excluding hydrogens is 204 g/mol. The first-order valence-electron chi connectivity index (χ1n) is 5.27. The molecule has 0 spiro atoms. The van der Waals surface area contributed by atoms with Crippen LogP contribution in [0.5, 0.6) is 5.75 Å². The first-order valence-corrected chi connectivity index (χ1v) is 5.27. The number of benzene rings is 1. The van der Waals surface area contributed by atoms with Crippen LogP contribution in [0.15, 0.2) is 18.2 Å². The molecule has 0 bridgehead atoms. The topological polar surface area (TPSA) is 67.5 Å². The van der Waals surface area contributed by atoms with Gasteiger partial charge in [-0.05, 0) is 32.9 Å². The first-order chi connectivity index (χ1) is 7.38. The minimum Gasteiger partial charge on any atom is -0.495 e. The highest BCUT2D eigenvalue weighted by Gasteiger charge is 2.24. The summed E-state index contributed by atoms with van der Waals surface area (Å²) in [6.07, 6.45) is -0.488. The molecule has 0 amide bonds. The molecule has 16 heavy (non-hydrogen) atoms. The molecule has 0 saturated carbocycles. The second-order valence-corrected chi connectivity index (χ2v) is 4.44. The van der Waals surface area contributed by atoms with Gasteiger partial charge >= 0.3 is 0 Å². The summed E-state index contributed by atoms with van der Waals surface area (Å²) in [4.78, 5) is 0. The second-order valence-electron chi connectivity index (χ2n) is 4.44. The van der Waals surface area contributed by atoms with Crippen LogP contribution in [0.3, 0.4) is 0 Å². The summed E-state index contributed by atoms with van der Waals surface area (Å²) in [6.45, 7) is 5.57. The highest BCUT2D eigenvalue weighted by molar-refractivity contribution is 5.73. The Morgan fingerprint density at radius 3 is 2.56 bits per heavy atom. The van der Waals surface area contributed by atoms with Crippen molar-refractivity contribution in [2.75, 3.05) is 18.2 Å². The number of para-hydroxylation sites is 1. The third-order valence-corrected chi connectivity index (χ3v) is 2.79. The van der Waals surface area contributed by atoms with E-state index in [-0.39, 0.29) is 0 Å². The van der Waals surface area contributed by atoms with Gasteiger partial charge in [-0.25, -0.2) is 0 Å². The molecule has 0 aliphatic heterocycles. The minimum atomic E-state index is -0.488. The maximum atomic E-state index is 9.62. The van der Waals surface area contributed by atoms with E-state index in [0.29, 0.717) is 11.4 Å². The number of hydrogen-bond donors (Lipinski definition) is 3. The van der Waals surface area contributed by atoms with Crippen LogP contribution in [0.1, 0.15) is 20.8 Å². The maximum Gasteiger partial charge on any atom is 0.143 e. The van der Waals surface area contributed by atoms with Gasteiger partial charge in [-0.3, -0.25) is 0 Å². The van der Waals surface area contributed by atoms with Crippen LogP contribution in [-0.4, -0.2) is 23.9 Å². The van der Waals surface area contributed by atoms with E-state index in [9.17, 15) is 5.11 Å². The number of anilines is 2. The van der Waals surface area contributed by atoms with Crippen LogP contribution in [-0.2, 0) is 0 Å². The molecule has 0 fully saturated rings. The Labute approximate surface area is 96.4 Å². The van der Waals surface area contributed by atoms with Crippen molar-refractivity contribution in [3.63, 3.8) is 0 Å². The summed E-state index contributed by atoms with van der Waals surface area (Å²) in [5, 5.41) is 12.8. The monoisotopic (exact) mass is 224 g/mol. The van der Waals surface area contributed by atoms with Crippen molar-refractivity contribution in [2.45, 2.75) is 32.4 Å². The molecule has 1 unspecified atom stereocenters. The Balaban J connectivity index is 2.98. The molecule has 1 rings (SSSR count). The SMILES string of the molecule is COc1cccc(NC(C)(C)C(C)O)c1N. The lowest BCUT2D eigenvalue weighted by molar-refractivity contribution is 0.133. The van der Waals surface area contributed by atoms with Crippen molar-refractivity contribution in [3.05, 3.63) is 18.2 Å². The third kappa shape index (κ3) is 2.58. The van der Waals surface area contributed by atoms with Gasteiger partial charge in [0.1, 0.15) is 5.75 Å². The molecule has 4 heteroatoms. The fourth-order valence-electron chi connectivity index (χ4n) is 1.28.